The molecule has 0 bridgehead atoms. The minimum atomic E-state index is 0.177. The van der Waals surface area contributed by atoms with Gasteiger partial charge in [0.15, 0.2) is 5.96 Å². The molecule has 0 saturated carbocycles. The lowest BCUT2D eigenvalue weighted by atomic mass is 9.97. The average molecular weight is 335 g/mol. The Balaban J connectivity index is 1.86. The Kier molecular flexibility index (Phi) is 5.12. The van der Waals surface area contributed by atoms with Gasteiger partial charge < -0.3 is 10.6 Å². The number of benzene rings is 2. The normalized spacial score (nSPS) is 18.5. The largest absolute Gasteiger partial charge is 0.369 e. The number of nitrogens with two attached hydrogens (primary N) is 1. The highest BCUT2D eigenvalue weighted by Crippen LogP contribution is 2.32. The molecule has 1 aliphatic rings. The van der Waals surface area contributed by atoms with E-state index in [4.69, 9.17) is 5.73 Å². The van der Waals surface area contributed by atoms with E-state index in [2.05, 4.69) is 86.1 Å². The fourth-order valence-electron chi connectivity index (χ4n) is 3.37. The monoisotopic (exact) mass is 335 g/mol. The molecule has 2 atom stereocenters. The molecule has 2 N–H and O–H groups in total. The Morgan fingerprint density at radius 3 is 2.16 bits per heavy atom. The van der Waals surface area contributed by atoms with Crippen LogP contribution in [0.3, 0.4) is 0 Å². The summed E-state index contributed by atoms with van der Waals surface area (Å²) < 4.78 is 0. The maximum Gasteiger partial charge on any atom is 0.196 e. The first-order valence-corrected chi connectivity index (χ1v) is 9.30. The summed E-state index contributed by atoms with van der Waals surface area (Å²) in [5, 5.41) is 0. The second kappa shape index (κ2) is 7.30. The van der Waals surface area contributed by atoms with Crippen LogP contribution in [0.5, 0.6) is 0 Å². The predicted molar refractivity (Wildman–Crippen MR) is 107 cm³/mol. The van der Waals surface area contributed by atoms with Gasteiger partial charge in [0.1, 0.15) is 0 Å². The molecule has 132 valence electrons. The lowest BCUT2D eigenvalue weighted by Crippen LogP contribution is -2.36. The summed E-state index contributed by atoms with van der Waals surface area (Å²) in [4.78, 5) is 6.66. The number of rotatable bonds is 5. The number of aliphatic imine (C=N–C) groups is 1. The van der Waals surface area contributed by atoms with Crippen molar-refractivity contribution in [2.75, 3.05) is 11.4 Å². The molecule has 3 heteroatoms. The summed E-state index contributed by atoms with van der Waals surface area (Å²) in [5.41, 5.74) is 11.3. The zero-order valence-corrected chi connectivity index (χ0v) is 15.7. The summed E-state index contributed by atoms with van der Waals surface area (Å²) in [6.07, 6.45) is 1.15. The molecular weight excluding hydrogens is 306 g/mol. The van der Waals surface area contributed by atoms with Gasteiger partial charge in [-0.05, 0) is 47.1 Å². The molecule has 1 unspecified atom stereocenters. The highest BCUT2D eigenvalue weighted by atomic mass is 15.3. The van der Waals surface area contributed by atoms with Crippen LogP contribution in [0.1, 0.15) is 68.7 Å². The Hall–Kier alpha value is -2.29. The molecule has 0 fully saturated rings. The molecule has 1 aliphatic heterocycles. The minimum Gasteiger partial charge on any atom is -0.369 e. The molecule has 1 heterocycles. The summed E-state index contributed by atoms with van der Waals surface area (Å²) >= 11 is 0. The van der Waals surface area contributed by atoms with E-state index in [1.54, 1.807) is 0 Å². The van der Waals surface area contributed by atoms with Crippen molar-refractivity contribution in [3.05, 3.63) is 65.2 Å². The SMILES string of the molecule is CCC(C)c1ccc(N2C(N)=NC[C@H]2c2ccc(C(C)C)cc2)cc1. The van der Waals surface area contributed by atoms with Crippen molar-refractivity contribution in [3.8, 4) is 0 Å². The fourth-order valence-corrected chi connectivity index (χ4v) is 3.37. The van der Waals surface area contributed by atoms with Gasteiger partial charge in [-0.1, -0.05) is 64.1 Å². The smallest absolute Gasteiger partial charge is 0.196 e. The number of guanidine groups is 1. The van der Waals surface area contributed by atoms with E-state index in [1.807, 2.05) is 0 Å². The summed E-state index contributed by atoms with van der Waals surface area (Å²) in [5.74, 6) is 1.73. The number of hydrogen-bond acceptors (Lipinski definition) is 3. The van der Waals surface area contributed by atoms with Gasteiger partial charge in [-0.15, -0.1) is 0 Å². The molecule has 0 saturated heterocycles. The van der Waals surface area contributed by atoms with Crippen molar-refractivity contribution in [2.45, 2.75) is 52.0 Å². The van der Waals surface area contributed by atoms with Crippen LogP contribution in [0.15, 0.2) is 53.5 Å². The highest BCUT2D eigenvalue weighted by Gasteiger charge is 2.28. The molecule has 0 spiro atoms. The Morgan fingerprint density at radius 1 is 1.00 bits per heavy atom. The molecule has 0 radical (unpaired) electrons. The van der Waals surface area contributed by atoms with Crippen molar-refractivity contribution in [1.29, 1.82) is 0 Å². The van der Waals surface area contributed by atoms with Gasteiger partial charge in [0.05, 0.1) is 12.6 Å². The van der Waals surface area contributed by atoms with Crippen LogP contribution >= 0.6 is 0 Å². The molecule has 0 amide bonds. The lowest BCUT2D eigenvalue weighted by molar-refractivity contribution is 0.732. The van der Waals surface area contributed by atoms with Gasteiger partial charge >= 0.3 is 0 Å². The van der Waals surface area contributed by atoms with Crippen LogP contribution in [0.4, 0.5) is 5.69 Å². The van der Waals surface area contributed by atoms with Crippen molar-refractivity contribution >= 4 is 11.6 Å². The second-order valence-electron chi connectivity index (χ2n) is 7.31. The maximum atomic E-state index is 6.22. The van der Waals surface area contributed by atoms with E-state index in [9.17, 15) is 0 Å². The summed E-state index contributed by atoms with van der Waals surface area (Å²) in [6.45, 7) is 9.63. The van der Waals surface area contributed by atoms with E-state index in [1.165, 1.54) is 16.7 Å². The minimum absolute atomic E-state index is 0.177. The molecular formula is C22H29N3. The molecule has 2 aromatic carbocycles. The topological polar surface area (TPSA) is 41.6 Å². The third-order valence-electron chi connectivity index (χ3n) is 5.33. The van der Waals surface area contributed by atoms with Crippen LogP contribution in [-0.2, 0) is 0 Å². The number of anilines is 1. The van der Waals surface area contributed by atoms with Gasteiger partial charge in [-0.3, -0.25) is 4.99 Å². The third-order valence-corrected chi connectivity index (χ3v) is 5.33. The first-order chi connectivity index (χ1) is 12.0. The molecule has 0 aliphatic carbocycles. The van der Waals surface area contributed by atoms with Gasteiger partial charge in [-0.2, -0.15) is 0 Å². The van der Waals surface area contributed by atoms with Gasteiger partial charge in [0.25, 0.3) is 0 Å². The molecule has 0 aromatic heterocycles. The van der Waals surface area contributed by atoms with Crippen LogP contribution in [0, 0.1) is 0 Å². The summed E-state index contributed by atoms with van der Waals surface area (Å²) in [6, 6.07) is 17.8. The summed E-state index contributed by atoms with van der Waals surface area (Å²) in [7, 11) is 0. The van der Waals surface area contributed by atoms with E-state index >= 15 is 0 Å². The quantitative estimate of drug-likeness (QED) is 0.816. The van der Waals surface area contributed by atoms with Gasteiger partial charge in [-0.25, -0.2) is 0 Å². The van der Waals surface area contributed by atoms with Crippen molar-refractivity contribution in [3.63, 3.8) is 0 Å². The predicted octanol–water partition coefficient (Wildman–Crippen LogP) is 5.20. The first-order valence-electron chi connectivity index (χ1n) is 9.30. The van der Waals surface area contributed by atoms with Crippen molar-refractivity contribution in [1.82, 2.24) is 0 Å². The van der Waals surface area contributed by atoms with Gasteiger partial charge in [0, 0.05) is 5.69 Å². The van der Waals surface area contributed by atoms with Crippen molar-refractivity contribution < 1.29 is 0 Å². The van der Waals surface area contributed by atoms with Crippen molar-refractivity contribution in [2.24, 2.45) is 10.7 Å². The molecule has 3 nitrogen and oxygen atoms in total. The Morgan fingerprint density at radius 2 is 1.60 bits per heavy atom. The third kappa shape index (κ3) is 3.55. The lowest BCUT2D eigenvalue weighted by Gasteiger charge is -2.27. The molecule has 25 heavy (non-hydrogen) atoms. The van der Waals surface area contributed by atoms with Crippen LogP contribution in [0.25, 0.3) is 0 Å². The molecule has 3 rings (SSSR count). The van der Waals surface area contributed by atoms with E-state index in [-0.39, 0.29) is 6.04 Å². The Labute approximate surface area is 151 Å². The Bertz CT molecular complexity index is 729. The molecule has 2 aromatic rings. The van der Waals surface area contributed by atoms with Gasteiger partial charge in [0.2, 0.25) is 0 Å². The zero-order chi connectivity index (χ0) is 18.0. The average Bonchev–Trinajstić information content (AvgIpc) is 3.02. The zero-order valence-electron chi connectivity index (χ0n) is 15.7. The number of hydrogen-bond donors (Lipinski definition) is 1. The first kappa shape index (κ1) is 17.5. The van der Waals surface area contributed by atoms with E-state index < -0.39 is 0 Å². The maximum absolute atomic E-state index is 6.22. The van der Waals surface area contributed by atoms with Crippen LogP contribution in [-0.4, -0.2) is 12.5 Å². The second-order valence-corrected chi connectivity index (χ2v) is 7.31. The standard InChI is InChI=1S/C22H29N3/c1-5-16(4)18-10-12-20(13-11-18)25-21(14-24-22(25)23)19-8-6-17(7-9-19)15(2)3/h6-13,15-16,21H,5,14H2,1-4H3,(H2,23,24)/t16?,21-/m0/s1. The fraction of sp³-hybridized carbons (Fsp3) is 0.409. The number of nitrogens with zero attached hydrogens (tertiary/aromatic N) is 2. The van der Waals surface area contributed by atoms with Crippen LogP contribution < -0.4 is 10.6 Å². The van der Waals surface area contributed by atoms with Crippen LogP contribution in [0.2, 0.25) is 0 Å². The highest BCUT2D eigenvalue weighted by molar-refractivity contribution is 5.97. The van der Waals surface area contributed by atoms with E-state index in [0.29, 0.717) is 24.3 Å². The van der Waals surface area contributed by atoms with E-state index in [0.717, 1.165) is 12.1 Å².